The van der Waals surface area contributed by atoms with E-state index in [1.165, 1.54) is 18.2 Å². The topological polar surface area (TPSA) is 41.6 Å². The molecule has 1 fully saturated rings. The molecule has 4 nitrogen and oxygen atoms in total. The predicted octanol–water partition coefficient (Wildman–Crippen LogP) is 4.48. The molecule has 0 aliphatic carbocycles. The molecule has 1 heterocycles. The van der Waals surface area contributed by atoms with Crippen LogP contribution in [-0.2, 0) is 4.79 Å². The summed E-state index contributed by atoms with van der Waals surface area (Å²) in [5, 5.41) is 3.34. The quantitative estimate of drug-likeness (QED) is 0.739. The minimum atomic E-state index is -0.817. The van der Waals surface area contributed by atoms with Gasteiger partial charge in [0.15, 0.2) is 0 Å². The van der Waals surface area contributed by atoms with Gasteiger partial charge in [-0.3, -0.25) is 4.79 Å². The third-order valence-electron chi connectivity index (χ3n) is 4.79. The molecule has 3 rings (SSSR count). The van der Waals surface area contributed by atoms with Crippen molar-refractivity contribution in [2.45, 2.75) is 18.9 Å². The van der Waals surface area contributed by atoms with E-state index in [-0.39, 0.29) is 23.3 Å². The lowest BCUT2D eigenvalue weighted by molar-refractivity contribution is -0.140. The Morgan fingerprint density at radius 3 is 2.75 bits per heavy atom. The van der Waals surface area contributed by atoms with Gasteiger partial charge < -0.3 is 15.0 Å². The van der Waals surface area contributed by atoms with E-state index in [4.69, 9.17) is 16.3 Å². The number of benzene rings is 2. The van der Waals surface area contributed by atoms with Gasteiger partial charge in [-0.2, -0.15) is 0 Å². The lowest BCUT2D eigenvalue weighted by atomic mass is 9.97. The molecule has 152 valence electrons. The summed E-state index contributed by atoms with van der Waals surface area (Å²) in [6, 6.07) is 13.3. The monoisotopic (exact) mass is 426 g/mol. The molecule has 2 atom stereocenters. The van der Waals surface area contributed by atoms with E-state index in [9.17, 15) is 9.18 Å². The van der Waals surface area contributed by atoms with Crippen LogP contribution in [0.2, 0.25) is 5.02 Å². The zero-order valence-electron chi connectivity index (χ0n) is 15.7. The number of nitrogens with one attached hydrogen (secondary N) is 1. The number of halogens is 3. The second-order valence-electron chi connectivity index (χ2n) is 6.83. The summed E-state index contributed by atoms with van der Waals surface area (Å²) < 4.78 is 19.3. The van der Waals surface area contributed by atoms with E-state index in [0.717, 1.165) is 24.9 Å². The Morgan fingerprint density at radius 1 is 1.32 bits per heavy atom. The van der Waals surface area contributed by atoms with Crippen LogP contribution >= 0.6 is 24.0 Å². The van der Waals surface area contributed by atoms with Crippen molar-refractivity contribution in [3.63, 3.8) is 0 Å². The van der Waals surface area contributed by atoms with Gasteiger partial charge in [0.05, 0.1) is 5.02 Å². The van der Waals surface area contributed by atoms with E-state index in [1.54, 1.807) is 0 Å². The molecular formula is C21H25Cl2FN2O2. The average Bonchev–Trinajstić information content (AvgIpc) is 2.68. The molecule has 1 aliphatic rings. The number of amides is 1. The molecule has 0 spiro atoms. The number of hydrogen-bond donors (Lipinski definition) is 1. The molecule has 0 bridgehead atoms. The Morgan fingerprint density at radius 2 is 2.07 bits per heavy atom. The highest BCUT2D eigenvalue weighted by Gasteiger charge is 2.31. The molecule has 2 aromatic rings. The van der Waals surface area contributed by atoms with Gasteiger partial charge in [0.2, 0.25) is 6.10 Å². The van der Waals surface area contributed by atoms with Gasteiger partial charge >= 0.3 is 0 Å². The van der Waals surface area contributed by atoms with Gasteiger partial charge in [0, 0.05) is 18.7 Å². The van der Waals surface area contributed by atoms with Gasteiger partial charge in [-0.15, -0.1) is 12.4 Å². The molecule has 1 amide bonds. The highest BCUT2D eigenvalue weighted by Crippen LogP contribution is 2.31. The molecule has 1 saturated heterocycles. The molecule has 1 N–H and O–H groups in total. The minimum Gasteiger partial charge on any atom is -0.474 e. The lowest BCUT2D eigenvalue weighted by Gasteiger charge is -2.35. The summed E-state index contributed by atoms with van der Waals surface area (Å²) >= 11 is 6.12. The van der Waals surface area contributed by atoms with Crippen LogP contribution in [0.1, 0.15) is 24.5 Å². The lowest BCUT2D eigenvalue weighted by Crippen LogP contribution is -2.45. The van der Waals surface area contributed by atoms with Crippen molar-refractivity contribution in [3.8, 4) is 5.75 Å². The normalized spacial score (nSPS) is 17.5. The average molecular weight is 427 g/mol. The molecule has 28 heavy (non-hydrogen) atoms. The summed E-state index contributed by atoms with van der Waals surface area (Å²) in [5.74, 6) is 0.186. The van der Waals surface area contributed by atoms with Crippen LogP contribution in [0.3, 0.4) is 0 Å². The van der Waals surface area contributed by atoms with Crippen LogP contribution in [0.25, 0.3) is 0 Å². The van der Waals surface area contributed by atoms with Gasteiger partial charge in [0.1, 0.15) is 11.6 Å². The number of nitrogens with zero attached hydrogens (tertiary/aromatic N) is 1. The van der Waals surface area contributed by atoms with Crippen LogP contribution in [0.15, 0.2) is 48.5 Å². The van der Waals surface area contributed by atoms with Crippen molar-refractivity contribution in [1.82, 2.24) is 10.2 Å². The van der Waals surface area contributed by atoms with Crippen molar-refractivity contribution in [1.29, 1.82) is 0 Å². The SMILES string of the molecule is CNCC1CCCN(C(=O)C(Oc2ccc(F)cc2Cl)c2ccccc2)C1.Cl. The fourth-order valence-electron chi connectivity index (χ4n) is 3.47. The number of ether oxygens (including phenoxy) is 1. The molecule has 0 saturated carbocycles. The molecule has 2 unspecified atom stereocenters. The van der Waals surface area contributed by atoms with Crippen molar-refractivity contribution >= 4 is 29.9 Å². The molecule has 0 aromatic heterocycles. The van der Waals surface area contributed by atoms with E-state index in [1.807, 2.05) is 42.3 Å². The predicted molar refractivity (Wildman–Crippen MR) is 112 cm³/mol. The Hall–Kier alpha value is -1.82. The second kappa shape index (κ2) is 10.6. The van der Waals surface area contributed by atoms with Gasteiger partial charge in [-0.05, 0) is 50.6 Å². The van der Waals surface area contributed by atoms with E-state index in [0.29, 0.717) is 24.8 Å². The number of piperidine rings is 1. The van der Waals surface area contributed by atoms with Gasteiger partial charge in [-0.1, -0.05) is 41.9 Å². The maximum absolute atomic E-state index is 13.4. The maximum atomic E-state index is 13.4. The zero-order valence-corrected chi connectivity index (χ0v) is 17.3. The molecule has 7 heteroatoms. The van der Waals surface area contributed by atoms with Gasteiger partial charge in [-0.25, -0.2) is 4.39 Å². The van der Waals surface area contributed by atoms with Crippen molar-refractivity contribution in [2.75, 3.05) is 26.7 Å². The van der Waals surface area contributed by atoms with Crippen LogP contribution < -0.4 is 10.1 Å². The second-order valence-corrected chi connectivity index (χ2v) is 7.24. The Balaban J connectivity index is 0.00000280. The number of carbonyl (C=O) groups is 1. The molecule has 2 aromatic carbocycles. The fraction of sp³-hybridized carbons (Fsp3) is 0.381. The first-order valence-electron chi connectivity index (χ1n) is 9.18. The van der Waals surface area contributed by atoms with Crippen molar-refractivity contribution in [2.24, 2.45) is 5.92 Å². The summed E-state index contributed by atoms with van der Waals surface area (Å²) in [6.07, 6.45) is 1.25. The summed E-state index contributed by atoms with van der Waals surface area (Å²) in [6.45, 7) is 2.29. The van der Waals surface area contributed by atoms with Crippen LogP contribution in [0, 0.1) is 11.7 Å². The third kappa shape index (κ3) is 5.60. The summed E-state index contributed by atoms with van der Waals surface area (Å²) in [7, 11) is 1.92. The summed E-state index contributed by atoms with van der Waals surface area (Å²) in [4.78, 5) is 15.2. The Kier molecular flexibility index (Phi) is 8.55. The largest absolute Gasteiger partial charge is 0.474 e. The number of likely N-dealkylation sites (tertiary alicyclic amines) is 1. The van der Waals surface area contributed by atoms with Crippen molar-refractivity contribution in [3.05, 3.63) is 64.9 Å². The molecule has 0 radical (unpaired) electrons. The van der Waals surface area contributed by atoms with E-state index >= 15 is 0 Å². The zero-order chi connectivity index (χ0) is 19.2. The maximum Gasteiger partial charge on any atom is 0.268 e. The molecular weight excluding hydrogens is 402 g/mol. The first-order chi connectivity index (χ1) is 13.1. The Labute approximate surface area is 176 Å². The third-order valence-corrected chi connectivity index (χ3v) is 5.08. The minimum absolute atomic E-state index is 0. The van der Waals surface area contributed by atoms with Crippen LogP contribution in [0.5, 0.6) is 5.75 Å². The smallest absolute Gasteiger partial charge is 0.268 e. The highest BCUT2D eigenvalue weighted by molar-refractivity contribution is 6.32. The van der Waals surface area contributed by atoms with E-state index in [2.05, 4.69) is 5.32 Å². The van der Waals surface area contributed by atoms with E-state index < -0.39 is 11.9 Å². The standard InChI is InChI=1S/C21H24ClFN2O2.ClH/c1-24-13-15-6-5-11-25(14-15)21(26)20(16-7-3-2-4-8-16)27-19-10-9-17(23)12-18(19)22;/h2-4,7-10,12,15,20,24H,5-6,11,13-14H2,1H3;1H. The van der Waals surface area contributed by atoms with Crippen molar-refractivity contribution < 1.29 is 13.9 Å². The highest BCUT2D eigenvalue weighted by atomic mass is 35.5. The fourth-order valence-corrected chi connectivity index (χ4v) is 3.68. The number of carbonyl (C=O) groups excluding carboxylic acids is 1. The first kappa shape index (κ1) is 22.5. The van der Waals surface area contributed by atoms with Crippen LogP contribution in [-0.4, -0.2) is 37.5 Å². The summed E-state index contributed by atoms with van der Waals surface area (Å²) in [5.41, 5.74) is 0.749. The number of rotatable bonds is 6. The number of hydrogen-bond acceptors (Lipinski definition) is 3. The van der Waals surface area contributed by atoms with Gasteiger partial charge in [0.25, 0.3) is 5.91 Å². The Bertz CT molecular complexity index is 774. The molecule has 1 aliphatic heterocycles. The van der Waals surface area contributed by atoms with Crippen LogP contribution in [0.4, 0.5) is 4.39 Å². The first-order valence-corrected chi connectivity index (χ1v) is 9.56.